The van der Waals surface area contributed by atoms with Crippen LogP contribution in [0.5, 0.6) is 5.75 Å². The number of hydrogen-bond acceptors (Lipinski definition) is 6. The Kier molecular flexibility index (Phi) is 2.46. The summed E-state index contributed by atoms with van der Waals surface area (Å²) in [5.41, 5.74) is -0.146. The summed E-state index contributed by atoms with van der Waals surface area (Å²) >= 11 is 0. The Balaban J connectivity index is 2.51. The lowest BCUT2D eigenvalue weighted by atomic mass is 10.4. The van der Waals surface area contributed by atoms with Gasteiger partial charge in [0.1, 0.15) is 6.20 Å². The molecule has 0 N–H and O–H groups in total. The third kappa shape index (κ3) is 1.67. The molecule has 8 nitrogen and oxygen atoms in total. The normalized spacial score (nSPS) is 10.1. The van der Waals surface area contributed by atoms with Crippen LogP contribution in [0.15, 0.2) is 24.7 Å². The molecule has 82 valence electrons. The molecule has 0 radical (unpaired) electrons. The Morgan fingerprint density at radius 1 is 1.44 bits per heavy atom. The summed E-state index contributed by atoms with van der Waals surface area (Å²) in [6.07, 6.45) is 4.08. The van der Waals surface area contributed by atoms with Crippen molar-refractivity contribution in [2.45, 2.75) is 0 Å². The van der Waals surface area contributed by atoms with Gasteiger partial charge in [-0.15, -0.1) is 4.80 Å². The second kappa shape index (κ2) is 3.93. The van der Waals surface area contributed by atoms with Crippen LogP contribution in [0, 0.1) is 10.1 Å². The van der Waals surface area contributed by atoms with Crippen molar-refractivity contribution in [2.75, 3.05) is 7.11 Å². The third-order valence-electron chi connectivity index (χ3n) is 1.86. The summed E-state index contributed by atoms with van der Waals surface area (Å²) in [6.45, 7) is 0. The van der Waals surface area contributed by atoms with Gasteiger partial charge in [-0.25, -0.2) is 4.98 Å². The molecule has 0 aliphatic carbocycles. The largest absolute Gasteiger partial charge is 0.492 e. The van der Waals surface area contributed by atoms with Crippen LogP contribution >= 0.6 is 0 Å². The molecule has 2 heterocycles. The Morgan fingerprint density at radius 2 is 2.12 bits per heavy atom. The molecular weight excluding hydrogens is 214 g/mol. The SMILES string of the molecule is COc1cc([N+](=O)[O-])cnc1-n1nccn1. The van der Waals surface area contributed by atoms with Crippen molar-refractivity contribution in [2.24, 2.45) is 0 Å². The molecule has 0 fully saturated rings. The Morgan fingerprint density at radius 3 is 2.69 bits per heavy atom. The van der Waals surface area contributed by atoms with Crippen molar-refractivity contribution in [1.29, 1.82) is 0 Å². The van der Waals surface area contributed by atoms with Crippen molar-refractivity contribution < 1.29 is 9.66 Å². The van der Waals surface area contributed by atoms with E-state index in [0.29, 0.717) is 5.82 Å². The first-order valence-electron chi connectivity index (χ1n) is 4.27. The van der Waals surface area contributed by atoms with Crippen molar-refractivity contribution in [3.8, 4) is 11.6 Å². The minimum atomic E-state index is -0.546. The van der Waals surface area contributed by atoms with E-state index < -0.39 is 4.92 Å². The highest BCUT2D eigenvalue weighted by molar-refractivity contribution is 5.45. The van der Waals surface area contributed by atoms with Gasteiger partial charge in [-0.05, 0) is 0 Å². The van der Waals surface area contributed by atoms with Crippen molar-refractivity contribution in [1.82, 2.24) is 20.0 Å². The number of methoxy groups -OCH3 is 1. The van der Waals surface area contributed by atoms with Crippen molar-refractivity contribution in [3.05, 3.63) is 34.8 Å². The number of ether oxygens (including phenoxy) is 1. The van der Waals surface area contributed by atoms with E-state index >= 15 is 0 Å². The van der Waals surface area contributed by atoms with E-state index in [2.05, 4.69) is 15.2 Å². The van der Waals surface area contributed by atoms with Gasteiger partial charge in [0, 0.05) is 0 Å². The molecule has 0 atom stereocenters. The predicted octanol–water partition coefficient (Wildman–Crippen LogP) is 0.579. The monoisotopic (exact) mass is 221 g/mol. The zero-order chi connectivity index (χ0) is 11.5. The third-order valence-corrected chi connectivity index (χ3v) is 1.86. The minimum absolute atomic E-state index is 0.146. The van der Waals surface area contributed by atoms with Crippen molar-refractivity contribution in [3.63, 3.8) is 0 Å². The lowest BCUT2D eigenvalue weighted by molar-refractivity contribution is -0.385. The molecule has 0 spiro atoms. The molecule has 0 aromatic carbocycles. The molecule has 0 saturated carbocycles. The molecule has 8 heteroatoms. The maximum atomic E-state index is 10.5. The fourth-order valence-corrected chi connectivity index (χ4v) is 1.15. The molecule has 2 aromatic heterocycles. The average molecular weight is 221 g/mol. The lowest BCUT2D eigenvalue weighted by Gasteiger charge is -2.04. The highest BCUT2D eigenvalue weighted by Crippen LogP contribution is 2.23. The van der Waals surface area contributed by atoms with Crippen LogP contribution < -0.4 is 4.74 Å². The zero-order valence-corrected chi connectivity index (χ0v) is 8.27. The molecule has 16 heavy (non-hydrogen) atoms. The van der Waals surface area contributed by atoms with Gasteiger partial charge in [-0.1, -0.05) is 0 Å². The minimum Gasteiger partial charge on any atom is -0.492 e. The second-order valence-corrected chi connectivity index (χ2v) is 2.80. The molecule has 2 rings (SSSR count). The van der Waals surface area contributed by atoms with Gasteiger partial charge in [0.05, 0.1) is 30.5 Å². The van der Waals surface area contributed by atoms with Gasteiger partial charge in [0.25, 0.3) is 5.69 Å². The number of nitro groups is 1. The standard InChI is InChI=1S/C8H7N5O3/c1-16-7-4-6(13(14)15)5-9-8(7)12-10-2-3-11-12/h2-5H,1H3. The predicted molar refractivity (Wildman–Crippen MR) is 52.4 cm³/mol. The van der Waals surface area contributed by atoms with E-state index in [9.17, 15) is 10.1 Å². The number of hydrogen-bond donors (Lipinski definition) is 0. The highest BCUT2D eigenvalue weighted by Gasteiger charge is 2.14. The molecule has 0 aliphatic rings. The van der Waals surface area contributed by atoms with Crippen LogP contribution in [0.1, 0.15) is 0 Å². The van der Waals surface area contributed by atoms with Gasteiger partial charge >= 0.3 is 0 Å². The maximum Gasteiger partial charge on any atom is 0.291 e. The van der Waals surface area contributed by atoms with Gasteiger partial charge < -0.3 is 4.74 Å². The summed E-state index contributed by atoms with van der Waals surface area (Å²) in [5.74, 6) is 0.545. The van der Waals surface area contributed by atoms with E-state index in [-0.39, 0.29) is 11.4 Å². The molecule has 0 saturated heterocycles. The first kappa shape index (κ1) is 10.0. The van der Waals surface area contributed by atoms with Gasteiger partial charge in [0.2, 0.25) is 5.82 Å². The number of pyridine rings is 1. The van der Waals surface area contributed by atoms with Gasteiger partial charge in [-0.2, -0.15) is 10.2 Å². The van der Waals surface area contributed by atoms with Crippen LogP contribution in [0.3, 0.4) is 0 Å². The van der Waals surface area contributed by atoms with Crippen LogP contribution in [-0.4, -0.2) is 32.0 Å². The smallest absolute Gasteiger partial charge is 0.291 e. The molecule has 0 bridgehead atoms. The molecule has 0 amide bonds. The van der Waals surface area contributed by atoms with E-state index in [1.165, 1.54) is 30.4 Å². The summed E-state index contributed by atoms with van der Waals surface area (Å²) in [7, 11) is 1.40. The molecular formula is C8H7N5O3. The molecule has 2 aromatic rings. The summed E-state index contributed by atoms with van der Waals surface area (Å²) in [6, 6.07) is 1.27. The summed E-state index contributed by atoms with van der Waals surface area (Å²) in [5, 5.41) is 18.3. The van der Waals surface area contributed by atoms with E-state index in [4.69, 9.17) is 4.74 Å². The first-order chi connectivity index (χ1) is 7.72. The Bertz CT molecular complexity index is 510. The van der Waals surface area contributed by atoms with Gasteiger partial charge in [0.15, 0.2) is 5.75 Å². The molecule has 0 aliphatic heterocycles. The summed E-state index contributed by atoms with van der Waals surface area (Å²) < 4.78 is 4.99. The van der Waals surface area contributed by atoms with E-state index in [1.54, 1.807) is 0 Å². The second-order valence-electron chi connectivity index (χ2n) is 2.80. The Hall–Kier alpha value is -2.51. The first-order valence-corrected chi connectivity index (χ1v) is 4.27. The van der Waals surface area contributed by atoms with Crippen LogP contribution in [0.2, 0.25) is 0 Å². The van der Waals surface area contributed by atoms with Gasteiger partial charge in [-0.3, -0.25) is 10.1 Å². The lowest BCUT2D eigenvalue weighted by Crippen LogP contribution is -2.05. The van der Waals surface area contributed by atoms with Crippen LogP contribution in [0.4, 0.5) is 5.69 Å². The topological polar surface area (TPSA) is 96.0 Å². The zero-order valence-electron chi connectivity index (χ0n) is 8.27. The fourth-order valence-electron chi connectivity index (χ4n) is 1.15. The highest BCUT2D eigenvalue weighted by atomic mass is 16.6. The van der Waals surface area contributed by atoms with Crippen LogP contribution in [0.25, 0.3) is 5.82 Å². The van der Waals surface area contributed by atoms with Crippen molar-refractivity contribution >= 4 is 5.69 Å². The maximum absolute atomic E-state index is 10.5. The van der Waals surface area contributed by atoms with E-state index in [0.717, 1.165) is 6.20 Å². The number of aromatic nitrogens is 4. The average Bonchev–Trinajstić information content (AvgIpc) is 2.81. The number of nitrogens with zero attached hydrogens (tertiary/aromatic N) is 5. The molecule has 0 unspecified atom stereocenters. The fraction of sp³-hybridized carbons (Fsp3) is 0.125. The van der Waals surface area contributed by atoms with Crippen LogP contribution in [-0.2, 0) is 0 Å². The Labute approximate surface area is 89.6 Å². The quantitative estimate of drug-likeness (QED) is 0.555. The summed E-state index contributed by atoms with van der Waals surface area (Å²) in [4.78, 5) is 15.1. The number of rotatable bonds is 3. The van der Waals surface area contributed by atoms with E-state index in [1.807, 2.05) is 0 Å².